The van der Waals surface area contributed by atoms with Crippen molar-refractivity contribution in [3.8, 4) is 0 Å². The van der Waals surface area contributed by atoms with Crippen molar-refractivity contribution in [1.82, 2.24) is 19.5 Å². The lowest BCUT2D eigenvalue weighted by molar-refractivity contribution is 0.530. The molecular formula is C18H21N5. The molecule has 0 unspecified atom stereocenters. The minimum Gasteiger partial charge on any atom is -0.368 e. The molecular weight excluding hydrogens is 286 g/mol. The number of nitrogens with one attached hydrogen (secondary N) is 1. The molecule has 0 spiro atoms. The first kappa shape index (κ1) is 14.2. The van der Waals surface area contributed by atoms with Crippen LogP contribution in [-0.4, -0.2) is 26.1 Å². The molecule has 3 heterocycles. The molecule has 1 aliphatic rings. The largest absolute Gasteiger partial charge is 0.368 e. The highest BCUT2D eigenvalue weighted by Gasteiger charge is 2.17. The molecule has 1 aromatic carbocycles. The Kier molecular flexibility index (Phi) is 3.69. The lowest BCUT2D eigenvalue weighted by atomic mass is 10.1. The third-order valence-corrected chi connectivity index (χ3v) is 4.47. The maximum absolute atomic E-state index is 4.77. The van der Waals surface area contributed by atoms with Gasteiger partial charge in [0.15, 0.2) is 17.0 Å². The Hall–Kier alpha value is -2.43. The van der Waals surface area contributed by atoms with Crippen LogP contribution in [0.25, 0.3) is 11.2 Å². The fourth-order valence-electron chi connectivity index (χ4n) is 3.17. The number of imidazole rings is 1. The summed E-state index contributed by atoms with van der Waals surface area (Å²) in [6.07, 6.45) is 6.07. The van der Waals surface area contributed by atoms with Crippen molar-refractivity contribution < 1.29 is 0 Å². The van der Waals surface area contributed by atoms with E-state index < -0.39 is 0 Å². The first-order valence-corrected chi connectivity index (χ1v) is 8.31. The number of nitrogens with zero attached hydrogens (tertiary/aromatic N) is 4. The number of fused-ring (bicyclic) bond motifs is 3. The van der Waals surface area contributed by atoms with Gasteiger partial charge in [-0.15, -0.1) is 0 Å². The first-order valence-electron chi connectivity index (χ1n) is 8.31. The van der Waals surface area contributed by atoms with E-state index in [9.17, 15) is 0 Å². The Bertz CT molecular complexity index is 819. The van der Waals surface area contributed by atoms with Crippen LogP contribution < -0.4 is 5.32 Å². The predicted molar refractivity (Wildman–Crippen MR) is 91.6 cm³/mol. The van der Waals surface area contributed by atoms with Gasteiger partial charge in [0.2, 0.25) is 0 Å². The van der Waals surface area contributed by atoms with Gasteiger partial charge in [-0.3, -0.25) is 0 Å². The van der Waals surface area contributed by atoms with E-state index in [1.165, 1.54) is 24.0 Å². The average molecular weight is 307 g/mol. The van der Waals surface area contributed by atoms with Gasteiger partial charge in [0.25, 0.3) is 0 Å². The first-order chi connectivity index (χ1) is 11.3. The fraction of sp³-hybridized carbons (Fsp3) is 0.389. The highest BCUT2D eigenvalue weighted by atomic mass is 15.2. The molecule has 0 radical (unpaired) electrons. The molecule has 5 heteroatoms. The molecule has 118 valence electrons. The maximum atomic E-state index is 4.77. The normalized spacial score (nSPS) is 14.0. The topological polar surface area (TPSA) is 55.6 Å². The van der Waals surface area contributed by atoms with Gasteiger partial charge in [-0.2, -0.15) is 0 Å². The number of rotatable bonds is 4. The van der Waals surface area contributed by atoms with Crippen LogP contribution in [0, 0.1) is 6.92 Å². The monoisotopic (exact) mass is 307 g/mol. The molecule has 1 N–H and O–H groups in total. The summed E-state index contributed by atoms with van der Waals surface area (Å²) in [5.74, 6) is 2.00. The summed E-state index contributed by atoms with van der Waals surface area (Å²) in [5.41, 5.74) is 4.50. The van der Waals surface area contributed by atoms with Crippen LogP contribution in [0.4, 0.5) is 5.82 Å². The van der Waals surface area contributed by atoms with Gasteiger partial charge in [0.05, 0.1) is 0 Å². The lowest BCUT2D eigenvalue weighted by Crippen LogP contribution is -2.10. The quantitative estimate of drug-likeness (QED) is 0.804. The van der Waals surface area contributed by atoms with Crippen LogP contribution in [0.1, 0.15) is 29.8 Å². The number of benzene rings is 1. The summed E-state index contributed by atoms with van der Waals surface area (Å²) in [5, 5.41) is 3.43. The van der Waals surface area contributed by atoms with Crippen molar-refractivity contribution in [3.63, 3.8) is 0 Å². The van der Waals surface area contributed by atoms with Gasteiger partial charge in [0, 0.05) is 19.5 Å². The number of aromatic nitrogens is 4. The molecule has 3 aromatic rings. The number of aryl methyl sites for hydroxylation is 3. The summed E-state index contributed by atoms with van der Waals surface area (Å²) in [6, 6.07) is 8.67. The Morgan fingerprint density at radius 3 is 2.87 bits per heavy atom. The Balaban J connectivity index is 1.52. The van der Waals surface area contributed by atoms with Crippen LogP contribution in [0.15, 0.2) is 30.6 Å². The standard InChI is InChI=1S/C18H21N5/c1-13-5-7-14(8-6-13)9-10-19-17-16-18(21-12-20-17)23-11-3-2-4-15(23)22-16/h5-8,12H,2-4,9-11H2,1H3,(H,19,20,21). The van der Waals surface area contributed by atoms with Crippen LogP contribution in [0.3, 0.4) is 0 Å². The van der Waals surface area contributed by atoms with Crippen molar-refractivity contribution in [3.05, 3.63) is 47.5 Å². The molecule has 4 rings (SSSR count). The molecule has 0 fully saturated rings. The Labute approximate surface area is 135 Å². The van der Waals surface area contributed by atoms with Gasteiger partial charge >= 0.3 is 0 Å². The predicted octanol–water partition coefficient (Wildman–Crippen LogP) is 3.13. The summed E-state index contributed by atoms with van der Waals surface area (Å²) < 4.78 is 2.24. The summed E-state index contributed by atoms with van der Waals surface area (Å²) in [7, 11) is 0. The van der Waals surface area contributed by atoms with Gasteiger partial charge in [-0.05, 0) is 31.7 Å². The van der Waals surface area contributed by atoms with E-state index in [1.807, 2.05) is 0 Å². The number of hydrogen-bond acceptors (Lipinski definition) is 4. The zero-order valence-corrected chi connectivity index (χ0v) is 13.4. The van der Waals surface area contributed by atoms with E-state index in [0.717, 1.165) is 48.7 Å². The van der Waals surface area contributed by atoms with Gasteiger partial charge in [0.1, 0.15) is 12.2 Å². The molecule has 0 saturated heterocycles. The van der Waals surface area contributed by atoms with E-state index in [4.69, 9.17) is 4.98 Å². The molecule has 0 saturated carbocycles. The average Bonchev–Trinajstić information content (AvgIpc) is 2.96. The summed E-state index contributed by atoms with van der Waals surface area (Å²) in [4.78, 5) is 13.6. The second kappa shape index (κ2) is 5.99. The van der Waals surface area contributed by atoms with Crippen molar-refractivity contribution in [2.45, 2.75) is 39.2 Å². The SMILES string of the molecule is Cc1ccc(CCNc2ncnc3c2nc2n3CCCC2)cc1. The molecule has 0 aliphatic carbocycles. The van der Waals surface area contributed by atoms with E-state index in [-0.39, 0.29) is 0 Å². The van der Waals surface area contributed by atoms with E-state index >= 15 is 0 Å². The van der Waals surface area contributed by atoms with Crippen molar-refractivity contribution in [2.75, 3.05) is 11.9 Å². The Morgan fingerprint density at radius 1 is 1.13 bits per heavy atom. The molecule has 5 nitrogen and oxygen atoms in total. The van der Waals surface area contributed by atoms with Gasteiger partial charge in [-0.25, -0.2) is 15.0 Å². The second-order valence-electron chi connectivity index (χ2n) is 6.19. The van der Waals surface area contributed by atoms with E-state index in [0.29, 0.717) is 0 Å². The highest BCUT2D eigenvalue weighted by Crippen LogP contribution is 2.24. The zero-order valence-electron chi connectivity index (χ0n) is 13.4. The van der Waals surface area contributed by atoms with Crippen molar-refractivity contribution in [1.29, 1.82) is 0 Å². The molecule has 0 amide bonds. The van der Waals surface area contributed by atoms with E-state index in [1.54, 1.807) is 6.33 Å². The maximum Gasteiger partial charge on any atom is 0.165 e. The minimum absolute atomic E-state index is 0.845. The number of anilines is 1. The van der Waals surface area contributed by atoms with Crippen molar-refractivity contribution in [2.24, 2.45) is 0 Å². The summed E-state index contributed by atoms with van der Waals surface area (Å²) in [6.45, 7) is 3.98. The second-order valence-corrected chi connectivity index (χ2v) is 6.19. The molecule has 23 heavy (non-hydrogen) atoms. The summed E-state index contributed by atoms with van der Waals surface area (Å²) >= 11 is 0. The molecule has 0 atom stereocenters. The minimum atomic E-state index is 0.845. The lowest BCUT2D eigenvalue weighted by Gasteiger charge is -2.12. The van der Waals surface area contributed by atoms with Crippen LogP contribution >= 0.6 is 0 Å². The van der Waals surface area contributed by atoms with Crippen LogP contribution in [0.2, 0.25) is 0 Å². The highest BCUT2D eigenvalue weighted by molar-refractivity contribution is 5.83. The number of hydrogen-bond donors (Lipinski definition) is 1. The fourth-order valence-corrected chi connectivity index (χ4v) is 3.17. The van der Waals surface area contributed by atoms with Crippen molar-refractivity contribution >= 4 is 17.0 Å². The van der Waals surface area contributed by atoms with Gasteiger partial charge < -0.3 is 9.88 Å². The van der Waals surface area contributed by atoms with Crippen LogP contribution in [0.5, 0.6) is 0 Å². The third-order valence-electron chi connectivity index (χ3n) is 4.47. The van der Waals surface area contributed by atoms with Gasteiger partial charge in [-0.1, -0.05) is 29.8 Å². The van der Waals surface area contributed by atoms with Crippen LogP contribution in [-0.2, 0) is 19.4 Å². The molecule has 1 aliphatic heterocycles. The Morgan fingerprint density at radius 2 is 2.00 bits per heavy atom. The van der Waals surface area contributed by atoms with E-state index in [2.05, 4.69) is 51.0 Å². The molecule has 0 bridgehead atoms. The zero-order chi connectivity index (χ0) is 15.6. The smallest absolute Gasteiger partial charge is 0.165 e. The molecule has 2 aromatic heterocycles. The third kappa shape index (κ3) is 2.79.